The highest BCUT2D eigenvalue weighted by atomic mass is 32.2. The van der Waals surface area contributed by atoms with Crippen LogP contribution in [-0.4, -0.2) is 30.4 Å². The van der Waals surface area contributed by atoms with E-state index >= 15 is 0 Å². The van der Waals surface area contributed by atoms with Crippen molar-refractivity contribution in [3.8, 4) is 0 Å². The largest absolute Gasteiger partial charge is 0.352 e. The molecule has 5 nitrogen and oxygen atoms in total. The number of aryl methyl sites for hydroxylation is 1. The van der Waals surface area contributed by atoms with Gasteiger partial charge in [0.15, 0.2) is 0 Å². The van der Waals surface area contributed by atoms with Crippen molar-refractivity contribution >= 4 is 10.0 Å². The van der Waals surface area contributed by atoms with E-state index < -0.39 is 10.0 Å². The van der Waals surface area contributed by atoms with Crippen LogP contribution in [0.5, 0.6) is 0 Å². The summed E-state index contributed by atoms with van der Waals surface area (Å²) in [6, 6.07) is 1.66. The molecule has 0 aromatic carbocycles. The molecular weight excluding hydrogens is 238 g/mol. The topological polar surface area (TPSA) is 68.3 Å². The second kappa shape index (κ2) is 4.44. The average molecular weight is 257 g/mol. The minimum Gasteiger partial charge on any atom is -0.352 e. The summed E-state index contributed by atoms with van der Waals surface area (Å²) in [6.45, 7) is 3.67. The Hall–Kier alpha value is -0.850. The summed E-state index contributed by atoms with van der Waals surface area (Å²) in [5, 5.41) is 0. The monoisotopic (exact) mass is 257 g/mol. The molecule has 0 saturated carbocycles. The molecule has 1 fully saturated rings. The first-order valence-electron chi connectivity index (χ1n) is 5.80. The molecule has 0 radical (unpaired) electrons. The maximum absolute atomic E-state index is 12.3. The van der Waals surface area contributed by atoms with Crippen LogP contribution in [0.25, 0.3) is 0 Å². The highest BCUT2D eigenvalue weighted by Crippen LogP contribution is 2.24. The molecule has 17 heavy (non-hydrogen) atoms. The lowest BCUT2D eigenvalue weighted by atomic mass is 10.2. The van der Waals surface area contributed by atoms with Crippen LogP contribution in [0.3, 0.4) is 0 Å². The number of hydrogen-bond acceptors (Lipinski definition) is 3. The van der Waals surface area contributed by atoms with Gasteiger partial charge in [-0.1, -0.05) is 6.92 Å². The van der Waals surface area contributed by atoms with Crippen molar-refractivity contribution in [2.45, 2.75) is 24.8 Å². The van der Waals surface area contributed by atoms with Gasteiger partial charge in [0.1, 0.15) is 4.90 Å². The van der Waals surface area contributed by atoms with E-state index in [1.165, 1.54) is 0 Å². The molecule has 2 rings (SSSR count). The van der Waals surface area contributed by atoms with Crippen LogP contribution in [0.15, 0.2) is 17.2 Å². The first kappa shape index (κ1) is 12.6. The minimum absolute atomic E-state index is 0.350. The molecule has 2 N–H and O–H groups in total. The van der Waals surface area contributed by atoms with Crippen LogP contribution in [0.4, 0.5) is 0 Å². The molecule has 1 aliphatic heterocycles. The van der Waals surface area contributed by atoms with Crippen molar-refractivity contribution in [2.75, 3.05) is 13.1 Å². The first-order chi connectivity index (χ1) is 7.95. The van der Waals surface area contributed by atoms with Crippen LogP contribution >= 0.6 is 0 Å². The number of aromatic nitrogens is 1. The third-order valence-electron chi connectivity index (χ3n) is 3.32. The van der Waals surface area contributed by atoms with E-state index in [-0.39, 0.29) is 0 Å². The summed E-state index contributed by atoms with van der Waals surface area (Å²) in [7, 11) is -1.51. The Bertz CT molecular complexity index is 507. The van der Waals surface area contributed by atoms with Gasteiger partial charge in [-0.3, -0.25) is 0 Å². The Balaban J connectivity index is 2.31. The fourth-order valence-electron chi connectivity index (χ4n) is 2.18. The van der Waals surface area contributed by atoms with Gasteiger partial charge in [-0.25, -0.2) is 8.42 Å². The lowest BCUT2D eigenvalue weighted by molar-refractivity contribution is 0.464. The Morgan fingerprint density at radius 3 is 2.71 bits per heavy atom. The molecule has 96 valence electrons. The van der Waals surface area contributed by atoms with Crippen molar-refractivity contribution in [3.05, 3.63) is 18.0 Å². The van der Waals surface area contributed by atoms with Crippen molar-refractivity contribution < 1.29 is 8.42 Å². The van der Waals surface area contributed by atoms with E-state index in [1.54, 1.807) is 21.1 Å². The van der Waals surface area contributed by atoms with E-state index in [2.05, 4.69) is 6.92 Å². The summed E-state index contributed by atoms with van der Waals surface area (Å²) in [5.74, 6) is 0.447. The number of nitrogens with two attached hydrogens (primary N) is 1. The molecule has 1 aliphatic rings. The van der Waals surface area contributed by atoms with Gasteiger partial charge in [0.25, 0.3) is 0 Å². The number of sulfonamides is 1. The summed E-state index contributed by atoms with van der Waals surface area (Å²) in [6.07, 6.45) is 2.58. The van der Waals surface area contributed by atoms with E-state index in [4.69, 9.17) is 5.73 Å². The standard InChI is InChI=1S/C11H19N3O2S/c1-9-3-4-14(7-9)17(15,16)11-5-10(6-12)13(2)8-11/h5,8-9H,3-4,6-7,12H2,1-2H3. The van der Waals surface area contributed by atoms with Crippen LogP contribution in [0.2, 0.25) is 0 Å². The molecule has 0 aliphatic carbocycles. The molecule has 1 unspecified atom stereocenters. The predicted octanol–water partition coefficient (Wildman–Crippen LogP) is 0.514. The van der Waals surface area contributed by atoms with Gasteiger partial charge in [0.2, 0.25) is 10.0 Å². The van der Waals surface area contributed by atoms with Gasteiger partial charge >= 0.3 is 0 Å². The third-order valence-corrected chi connectivity index (χ3v) is 5.15. The lowest BCUT2D eigenvalue weighted by Crippen LogP contribution is -2.28. The van der Waals surface area contributed by atoms with Crippen molar-refractivity contribution in [2.24, 2.45) is 18.7 Å². The summed E-state index contributed by atoms with van der Waals surface area (Å²) in [4.78, 5) is 0.356. The maximum atomic E-state index is 12.3. The average Bonchev–Trinajstić information content (AvgIpc) is 2.85. The molecule has 1 atom stereocenters. The molecule has 1 aromatic heterocycles. The SMILES string of the molecule is CC1CCN(S(=O)(=O)c2cc(CN)n(C)c2)C1. The molecule has 6 heteroatoms. The van der Waals surface area contributed by atoms with Crippen LogP contribution < -0.4 is 5.73 Å². The summed E-state index contributed by atoms with van der Waals surface area (Å²) < 4.78 is 28.0. The van der Waals surface area contributed by atoms with E-state index in [1.807, 2.05) is 7.05 Å². The Morgan fingerprint density at radius 1 is 1.53 bits per heavy atom. The lowest BCUT2D eigenvalue weighted by Gasteiger charge is -2.14. The van der Waals surface area contributed by atoms with Crippen molar-refractivity contribution in [3.63, 3.8) is 0 Å². The zero-order chi connectivity index (χ0) is 12.6. The van der Waals surface area contributed by atoms with Crippen LogP contribution in [0.1, 0.15) is 19.0 Å². The Kier molecular flexibility index (Phi) is 3.29. The number of nitrogens with zero attached hydrogens (tertiary/aromatic N) is 2. The van der Waals surface area contributed by atoms with Crippen LogP contribution in [-0.2, 0) is 23.6 Å². The Morgan fingerprint density at radius 2 is 2.24 bits per heavy atom. The summed E-state index contributed by atoms with van der Waals surface area (Å²) in [5.41, 5.74) is 6.38. The summed E-state index contributed by atoms with van der Waals surface area (Å²) >= 11 is 0. The fraction of sp³-hybridized carbons (Fsp3) is 0.636. The zero-order valence-electron chi connectivity index (χ0n) is 10.3. The van der Waals surface area contributed by atoms with Gasteiger partial charge in [-0.15, -0.1) is 0 Å². The predicted molar refractivity (Wildman–Crippen MR) is 65.8 cm³/mol. The second-order valence-corrected chi connectivity index (χ2v) is 6.68. The minimum atomic E-state index is -3.33. The highest BCUT2D eigenvalue weighted by molar-refractivity contribution is 7.89. The molecule has 1 aromatic rings. The Labute approximate surface area is 102 Å². The third kappa shape index (κ3) is 2.25. The van der Waals surface area contributed by atoms with E-state index in [9.17, 15) is 8.42 Å². The van der Waals surface area contributed by atoms with Gasteiger partial charge < -0.3 is 10.3 Å². The number of rotatable bonds is 3. The smallest absolute Gasteiger partial charge is 0.244 e. The molecule has 0 spiro atoms. The van der Waals surface area contributed by atoms with Gasteiger partial charge in [0, 0.05) is 38.6 Å². The molecule has 0 amide bonds. The van der Waals surface area contributed by atoms with E-state index in [0.717, 1.165) is 12.1 Å². The fourth-order valence-corrected chi connectivity index (χ4v) is 3.85. The van der Waals surface area contributed by atoms with Gasteiger partial charge in [-0.2, -0.15) is 4.31 Å². The molecule has 0 bridgehead atoms. The molecule has 1 saturated heterocycles. The molecule has 2 heterocycles. The molecular formula is C11H19N3O2S. The first-order valence-corrected chi connectivity index (χ1v) is 7.24. The number of hydrogen-bond donors (Lipinski definition) is 1. The van der Waals surface area contributed by atoms with Crippen molar-refractivity contribution in [1.29, 1.82) is 0 Å². The normalized spacial score (nSPS) is 22.2. The maximum Gasteiger partial charge on any atom is 0.244 e. The van der Waals surface area contributed by atoms with Gasteiger partial charge in [0.05, 0.1) is 0 Å². The second-order valence-electron chi connectivity index (χ2n) is 4.74. The van der Waals surface area contributed by atoms with Gasteiger partial charge in [-0.05, 0) is 18.4 Å². The highest BCUT2D eigenvalue weighted by Gasteiger charge is 2.31. The van der Waals surface area contributed by atoms with E-state index in [0.29, 0.717) is 30.4 Å². The van der Waals surface area contributed by atoms with Crippen LogP contribution in [0, 0.1) is 5.92 Å². The zero-order valence-corrected chi connectivity index (χ0v) is 11.1. The van der Waals surface area contributed by atoms with Crippen molar-refractivity contribution in [1.82, 2.24) is 8.87 Å². The quantitative estimate of drug-likeness (QED) is 0.858.